The predicted octanol–water partition coefficient (Wildman–Crippen LogP) is 4.01. The van der Waals surface area contributed by atoms with E-state index >= 15 is 0 Å². The summed E-state index contributed by atoms with van der Waals surface area (Å²) in [5.74, 6) is -0.104. The topological polar surface area (TPSA) is 46.5 Å². The highest BCUT2D eigenvalue weighted by molar-refractivity contribution is 6.32. The fourth-order valence-electron chi connectivity index (χ4n) is 1.60. The van der Waals surface area contributed by atoms with Crippen LogP contribution >= 0.6 is 11.6 Å². The van der Waals surface area contributed by atoms with Gasteiger partial charge in [-0.3, -0.25) is 4.79 Å². The number of unbranched alkanes of at least 4 members (excludes halogenated alkanes) is 1. The van der Waals surface area contributed by atoms with Gasteiger partial charge in [0.05, 0.1) is 12.1 Å². The van der Waals surface area contributed by atoms with Crippen molar-refractivity contribution in [3.63, 3.8) is 0 Å². The Balaban J connectivity index is 2.65. The first kappa shape index (κ1) is 14.6. The van der Waals surface area contributed by atoms with E-state index in [0.717, 1.165) is 17.6 Å². The number of hydrogen-bond acceptors (Lipinski definition) is 2. The summed E-state index contributed by atoms with van der Waals surface area (Å²) < 4.78 is 5.09. The molecule has 0 saturated carbocycles. The van der Waals surface area contributed by atoms with E-state index in [0.29, 0.717) is 17.2 Å². The van der Waals surface area contributed by atoms with E-state index in [-0.39, 0.29) is 6.42 Å². The number of hydrogen-bond donors (Lipinski definition) is 1. The van der Waals surface area contributed by atoms with Crippen molar-refractivity contribution in [3.8, 4) is 5.75 Å². The van der Waals surface area contributed by atoms with Crippen molar-refractivity contribution in [3.05, 3.63) is 34.9 Å². The van der Waals surface area contributed by atoms with E-state index < -0.39 is 5.97 Å². The van der Waals surface area contributed by atoms with Crippen LogP contribution in [-0.4, -0.2) is 18.2 Å². The largest absolute Gasteiger partial charge is 0.495 e. The van der Waals surface area contributed by atoms with Gasteiger partial charge in [-0.25, -0.2) is 0 Å². The van der Waals surface area contributed by atoms with Crippen LogP contribution in [0.1, 0.15) is 31.7 Å². The number of aliphatic carboxylic acids is 1. The lowest BCUT2D eigenvalue weighted by molar-refractivity contribution is -0.137. The molecule has 18 heavy (non-hydrogen) atoms. The Labute approximate surface area is 112 Å². The number of methoxy groups -OCH3 is 1. The Kier molecular flexibility index (Phi) is 5.72. The molecule has 1 aromatic carbocycles. The zero-order valence-corrected chi connectivity index (χ0v) is 11.3. The smallest absolute Gasteiger partial charge is 0.303 e. The molecule has 0 amide bonds. The SMILES string of the molecule is COc1ccc(/C(C)=C/CCCC(=O)O)cc1Cl. The molecular formula is C14H17ClO3. The van der Waals surface area contributed by atoms with Crippen molar-refractivity contribution in [2.75, 3.05) is 7.11 Å². The van der Waals surface area contributed by atoms with Crippen LogP contribution in [0.5, 0.6) is 5.75 Å². The highest BCUT2D eigenvalue weighted by Crippen LogP contribution is 2.28. The first-order chi connectivity index (χ1) is 8.54. The second-order valence-electron chi connectivity index (χ2n) is 4.02. The van der Waals surface area contributed by atoms with Gasteiger partial charge in [0.15, 0.2) is 0 Å². The molecule has 98 valence electrons. The fraction of sp³-hybridized carbons (Fsp3) is 0.357. The number of allylic oxidation sites excluding steroid dienone is 2. The third kappa shape index (κ3) is 4.41. The molecule has 0 spiro atoms. The number of benzene rings is 1. The minimum atomic E-state index is -0.756. The number of ether oxygens (including phenoxy) is 1. The van der Waals surface area contributed by atoms with Crippen LogP contribution in [-0.2, 0) is 4.79 Å². The number of carboxylic acids is 1. The first-order valence-corrected chi connectivity index (χ1v) is 6.15. The summed E-state index contributed by atoms with van der Waals surface area (Å²) in [6.07, 6.45) is 3.63. The van der Waals surface area contributed by atoms with Gasteiger partial charge in [0.25, 0.3) is 0 Å². The summed E-state index contributed by atoms with van der Waals surface area (Å²) in [6.45, 7) is 1.99. The number of halogens is 1. The Morgan fingerprint density at radius 1 is 1.50 bits per heavy atom. The summed E-state index contributed by atoms with van der Waals surface area (Å²) in [7, 11) is 1.58. The number of carboxylic acid groups (broad SMARTS) is 1. The third-order valence-electron chi connectivity index (χ3n) is 2.65. The lowest BCUT2D eigenvalue weighted by Gasteiger charge is -2.06. The van der Waals surface area contributed by atoms with Crippen molar-refractivity contribution in [1.82, 2.24) is 0 Å². The van der Waals surface area contributed by atoms with E-state index in [1.165, 1.54) is 0 Å². The van der Waals surface area contributed by atoms with E-state index in [9.17, 15) is 4.79 Å². The predicted molar refractivity (Wildman–Crippen MR) is 73.1 cm³/mol. The second kappa shape index (κ2) is 7.07. The molecule has 1 N–H and O–H groups in total. The molecule has 4 heteroatoms. The summed E-state index contributed by atoms with van der Waals surface area (Å²) in [6, 6.07) is 5.61. The summed E-state index contributed by atoms with van der Waals surface area (Å²) >= 11 is 6.05. The van der Waals surface area contributed by atoms with E-state index in [4.69, 9.17) is 21.4 Å². The first-order valence-electron chi connectivity index (χ1n) is 5.77. The Hall–Kier alpha value is -1.48. The quantitative estimate of drug-likeness (QED) is 0.793. The van der Waals surface area contributed by atoms with E-state index in [2.05, 4.69) is 0 Å². The van der Waals surface area contributed by atoms with Crippen LogP contribution in [0.3, 0.4) is 0 Å². The van der Waals surface area contributed by atoms with Crippen LogP contribution in [0, 0.1) is 0 Å². The molecule has 1 rings (SSSR count). The van der Waals surface area contributed by atoms with Crippen LogP contribution in [0.15, 0.2) is 24.3 Å². The van der Waals surface area contributed by atoms with Crippen molar-refractivity contribution in [1.29, 1.82) is 0 Å². The highest BCUT2D eigenvalue weighted by Gasteiger charge is 2.03. The summed E-state index contributed by atoms with van der Waals surface area (Å²) in [5, 5.41) is 9.11. The maximum Gasteiger partial charge on any atom is 0.303 e. The van der Waals surface area contributed by atoms with Crippen molar-refractivity contribution in [2.24, 2.45) is 0 Å². The molecule has 0 unspecified atom stereocenters. The number of rotatable bonds is 6. The normalized spacial score (nSPS) is 11.4. The van der Waals surface area contributed by atoms with Crippen LogP contribution in [0.4, 0.5) is 0 Å². The van der Waals surface area contributed by atoms with Gasteiger partial charge in [-0.05, 0) is 43.0 Å². The molecule has 0 bridgehead atoms. The molecule has 3 nitrogen and oxygen atoms in total. The van der Waals surface area contributed by atoms with Gasteiger partial charge < -0.3 is 9.84 Å². The molecule has 0 aliphatic heterocycles. The molecule has 0 atom stereocenters. The molecule has 0 aliphatic carbocycles. The van der Waals surface area contributed by atoms with Gasteiger partial charge in [-0.1, -0.05) is 23.7 Å². The van der Waals surface area contributed by atoms with Crippen LogP contribution < -0.4 is 4.74 Å². The van der Waals surface area contributed by atoms with Gasteiger partial charge in [-0.15, -0.1) is 0 Å². The van der Waals surface area contributed by atoms with Gasteiger partial charge >= 0.3 is 5.97 Å². The monoisotopic (exact) mass is 268 g/mol. The fourth-order valence-corrected chi connectivity index (χ4v) is 1.86. The lowest BCUT2D eigenvalue weighted by Crippen LogP contribution is -1.92. The average molecular weight is 269 g/mol. The maximum atomic E-state index is 10.4. The number of carbonyl (C=O) groups is 1. The third-order valence-corrected chi connectivity index (χ3v) is 2.95. The molecule has 0 radical (unpaired) electrons. The van der Waals surface area contributed by atoms with Gasteiger partial charge in [0.1, 0.15) is 5.75 Å². The summed E-state index contributed by atoms with van der Waals surface area (Å²) in [5.41, 5.74) is 2.11. The molecule has 0 fully saturated rings. The molecule has 0 aliphatic rings. The molecule has 1 aromatic rings. The Morgan fingerprint density at radius 2 is 2.22 bits per heavy atom. The zero-order valence-electron chi connectivity index (χ0n) is 10.6. The van der Waals surface area contributed by atoms with Crippen LogP contribution in [0.25, 0.3) is 5.57 Å². The lowest BCUT2D eigenvalue weighted by atomic mass is 10.1. The molecule has 0 saturated heterocycles. The molecular weight excluding hydrogens is 252 g/mol. The minimum Gasteiger partial charge on any atom is -0.495 e. The molecule has 0 aromatic heterocycles. The average Bonchev–Trinajstić information content (AvgIpc) is 2.34. The maximum absolute atomic E-state index is 10.4. The van der Waals surface area contributed by atoms with Gasteiger partial charge in [0.2, 0.25) is 0 Å². The minimum absolute atomic E-state index is 0.202. The summed E-state index contributed by atoms with van der Waals surface area (Å²) in [4.78, 5) is 10.4. The van der Waals surface area contributed by atoms with E-state index in [1.807, 2.05) is 31.2 Å². The molecule has 0 heterocycles. The van der Waals surface area contributed by atoms with Crippen molar-refractivity contribution >= 4 is 23.1 Å². The Morgan fingerprint density at radius 3 is 2.78 bits per heavy atom. The zero-order chi connectivity index (χ0) is 13.5. The standard InChI is InChI=1S/C14H17ClO3/c1-10(5-3-4-6-14(16)17)11-7-8-13(18-2)12(15)9-11/h5,7-9H,3-4,6H2,1-2H3,(H,16,17)/b10-5+. The van der Waals surface area contributed by atoms with E-state index in [1.54, 1.807) is 7.11 Å². The van der Waals surface area contributed by atoms with Crippen molar-refractivity contribution < 1.29 is 14.6 Å². The second-order valence-corrected chi connectivity index (χ2v) is 4.43. The van der Waals surface area contributed by atoms with Crippen LogP contribution in [0.2, 0.25) is 5.02 Å². The van der Waals surface area contributed by atoms with Crippen molar-refractivity contribution in [2.45, 2.75) is 26.2 Å². The highest BCUT2D eigenvalue weighted by atomic mass is 35.5. The Bertz CT molecular complexity index is 452. The van der Waals surface area contributed by atoms with Gasteiger partial charge in [0, 0.05) is 6.42 Å². The van der Waals surface area contributed by atoms with Gasteiger partial charge in [-0.2, -0.15) is 0 Å².